The molecule has 2 saturated carbocycles. The maximum atomic E-state index is 11.9. The molecule has 0 amide bonds. The molecule has 0 N–H and O–H groups in total. The molecule has 0 saturated heterocycles. The Labute approximate surface area is 146 Å². The third-order valence-electron chi connectivity index (χ3n) is 7.58. The van der Waals surface area contributed by atoms with Crippen molar-refractivity contribution in [1.82, 2.24) is 0 Å². The summed E-state index contributed by atoms with van der Waals surface area (Å²) in [5, 5.41) is 0. The van der Waals surface area contributed by atoms with E-state index < -0.39 is 0 Å². The lowest BCUT2D eigenvalue weighted by Crippen LogP contribution is -2.48. The largest absolute Gasteiger partial charge is 0.462 e. The quantitative estimate of drug-likeness (QED) is 0.689. The molecule has 2 bridgehead atoms. The Hall–Kier alpha value is -1.12. The molecule has 0 spiro atoms. The van der Waals surface area contributed by atoms with Gasteiger partial charge in [-0.1, -0.05) is 19.4 Å². The Morgan fingerprint density at radius 1 is 1.25 bits per heavy atom. The number of hydrogen-bond acceptors (Lipinski definition) is 3. The fourth-order valence-corrected chi connectivity index (χ4v) is 5.80. The molecule has 3 nitrogen and oxygen atoms in total. The van der Waals surface area contributed by atoms with Crippen LogP contribution in [0.5, 0.6) is 0 Å². The number of allylic oxidation sites excluding steroid dienone is 2. The summed E-state index contributed by atoms with van der Waals surface area (Å²) in [7, 11) is 0. The van der Waals surface area contributed by atoms with Gasteiger partial charge in [-0.15, -0.1) is 0 Å². The molecule has 134 valence electrons. The van der Waals surface area contributed by atoms with Crippen molar-refractivity contribution in [2.75, 3.05) is 0 Å². The maximum absolute atomic E-state index is 11.9. The van der Waals surface area contributed by atoms with Crippen molar-refractivity contribution in [1.29, 1.82) is 0 Å². The lowest BCUT2D eigenvalue weighted by atomic mass is 9.55. The van der Waals surface area contributed by atoms with Gasteiger partial charge in [0.1, 0.15) is 6.10 Å². The van der Waals surface area contributed by atoms with Gasteiger partial charge in [0, 0.05) is 18.8 Å². The second-order valence-electron chi connectivity index (χ2n) is 8.72. The summed E-state index contributed by atoms with van der Waals surface area (Å²) in [6.45, 7) is 8.27. The molecule has 3 aliphatic carbocycles. The molecule has 0 radical (unpaired) electrons. The van der Waals surface area contributed by atoms with E-state index >= 15 is 0 Å². The number of hydrogen-bond donors (Lipinski definition) is 0. The predicted octanol–water partition coefficient (Wildman–Crippen LogP) is 4.70. The zero-order valence-corrected chi connectivity index (χ0v) is 15.6. The van der Waals surface area contributed by atoms with Crippen LogP contribution in [0.15, 0.2) is 11.6 Å². The molecular formula is C21H32O3. The van der Waals surface area contributed by atoms with E-state index in [1.807, 2.05) is 6.08 Å². The highest BCUT2D eigenvalue weighted by atomic mass is 16.5. The zero-order valence-electron chi connectivity index (χ0n) is 15.6. The molecule has 6 atom stereocenters. The van der Waals surface area contributed by atoms with E-state index in [9.17, 15) is 9.59 Å². The predicted molar refractivity (Wildman–Crippen MR) is 94.4 cm³/mol. The van der Waals surface area contributed by atoms with E-state index in [1.54, 1.807) is 0 Å². The molecule has 0 aromatic rings. The fourth-order valence-electron chi connectivity index (χ4n) is 5.80. The lowest BCUT2D eigenvalue weighted by molar-refractivity contribution is -0.160. The normalized spacial score (nSPS) is 40.7. The van der Waals surface area contributed by atoms with Crippen molar-refractivity contribution in [3.63, 3.8) is 0 Å². The molecule has 2 fully saturated rings. The minimum Gasteiger partial charge on any atom is -0.462 e. The highest BCUT2D eigenvalue weighted by Crippen LogP contribution is 2.56. The van der Waals surface area contributed by atoms with Crippen LogP contribution in [0, 0.1) is 29.1 Å². The summed E-state index contributed by atoms with van der Waals surface area (Å²) >= 11 is 0. The van der Waals surface area contributed by atoms with Gasteiger partial charge in [0.25, 0.3) is 0 Å². The summed E-state index contributed by atoms with van der Waals surface area (Å²) in [5.41, 5.74) is 1.45. The first-order valence-electron chi connectivity index (χ1n) is 9.70. The van der Waals surface area contributed by atoms with Gasteiger partial charge in [-0.05, 0) is 75.2 Å². The summed E-state index contributed by atoms with van der Waals surface area (Å²) in [6.07, 6.45) is 9.43. The highest BCUT2D eigenvalue weighted by molar-refractivity contribution is 5.90. The van der Waals surface area contributed by atoms with Crippen molar-refractivity contribution in [3.8, 4) is 0 Å². The number of carbonyl (C=O) groups excluding carboxylic acids is 2. The van der Waals surface area contributed by atoms with Crippen molar-refractivity contribution >= 4 is 11.8 Å². The lowest BCUT2D eigenvalue weighted by Gasteiger charge is -2.52. The van der Waals surface area contributed by atoms with Crippen molar-refractivity contribution in [2.24, 2.45) is 29.1 Å². The summed E-state index contributed by atoms with van der Waals surface area (Å²) < 4.78 is 5.60. The standard InChI is InChI=1S/C21H32O3/c1-13-19-8-5-16-11-17(6-7-18(23)12-16)20(19)9-10-21(13,4)14(2)24-15(3)22/h12-14,17,19-20H,5-11H2,1-4H3/t13?,14-,17?,19?,20?,21?/m1/s1. The van der Waals surface area contributed by atoms with Gasteiger partial charge in [0.2, 0.25) is 0 Å². The van der Waals surface area contributed by atoms with Crippen LogP contribution in [0.4, 0.5) is 0 Å². The zero-order chi connectivity index (χ0) is 17.5. The number of fused-ring (bicyclic) bond motifs is 4. The van der Waals surface area contributed by atoms with E-state index in [4.69, 9.17) is 4.74 Å². The summed E-state index contributed by atoms with van der Waals surface area (Å²) in [4.78, 5) is 23.4. The Bertz CT molecular complexity index is 549. The van der Waals surface area contributed by atoms with Crippen LogP contribution < -0.4 is 0 Å². The van der Waals surface area contributed by atoms with Gasteiger partial charge in [-0.3, -0.25) is 9.59 Å². The van der Waals surface area contributed by atoms with E-state index in [2.05, 4.69) is 20.8 Å². The smallest absolute Gasteiger partial charge is 0.302 e. The van der Waals surface area contributed by atoms with Crippen molar-refractivity contribution < 1.29 is 14.3 Å². The van der Waals surface area contributed by atoms with Crippen LogP contribution in [-0.2, 0) is 14.3 Å². The Morgan fingerprint density at radius 3 is 2.71 bits per heavy atom. The molecule has 3 heteroatoms. The van der Waals surface area contributed by atoms with E-state index in [0.717, 1.165) is 38.0 Å². The first-order valence-corrected chi connectivity index (χ1v) is 9.70. The van der Waals surface area contributed by atoms with E-state index in [-0.39, 0.29) is 17.5 Å². The number of carbonyl (C=O) groups is 2. The topological polar surface area (TPSA) is 43.4 Å². The first kappa shape index (κ1) is 17.7. The maximum Gasteiger partial charge on any atom is 0.302 e. The first-order chi connectivity index (χ1) is 11.3. The van der Waals surface area contributed by atoms with Crippen LogP contribution in [0.25, 0.3) is 0 Å². The highest BCUT2D eigenvalue weighted by Gasteiger charge is 2.50. The van der Waals surface area contributed by atoms with E-state index in [0.29, 0.717) is 23.5 Å². The second-order valence-corrected chi connectivity index (χ2v) is 8.72. The summed E-state index contributed by atoms with van der Waals surface area (Å²) in [5.74, 6) is 2.80. The molecule has 24 heavy (non-hydrogen) atoms. The average Bonchev–Trinajstić information content (AvgIpc) is 2.80. The number of rotatable bonds is 2. The van der Waals surface area contributed by atoms with Crippen LogP contribution in [0.1, 0.15) is 72.6 Å². The van der Waals surface area contributed by atoms with Gasteiger partial charge < -0.3 is 4.74 Å². The molecule has 0 aromatic carbocycles. The molecule has 0 aromatic heterocycles. The molecule has 0 heterocycles. The van der Waals surface area contributed by atoms with Crippen LogP contribution in [-0.4, -0.2) is 17.9 Å². The molecule has 3 rings (SSSR count). The third-order valence-corrected chi connectivity index (χ3v) is 7.58. The minimum absolute atomic E-state index is 0.0304. The number of esters is 1. The Kier molecular flexibility index (Phi) is 4.90. The second kappa shape index (κ2) is 6.65. The molecule has 3 aliphatic rings. The van der Waals surface area contributed by atoms with Gasteiger partial charge in [-0.25, -0.2) is 0 Å². The van der Waals surface area contributed by atoms with Gasteiger partial charge in [0.05, 0.1) is 0 Å². The van der Waals surface area contributed by atoms with Crippen molar-refractivity contribution in [2.45, 2.75) is 78.7 Å². The molecule has 0 aliphatic heterocycles. The summed E-state index contributed by atoms with van der Waals surface area (Å²) in [6, 6.07) is 0. The third kappa shape index (κ3) is 3.19. The van der Waals surface area contributed by atoms with Gasteiger partial charge >= 0.3 is 5.97 Å². The monoisotopic (exact) mass is 332 g/mol. The van der Waals surface area contributed by atoms with Crippen molar-refractivity contribution in [3.05, 3.63) is 11.6 Å². The number of ether oxygens (including phenoxy) is 1. The SMILES string of the molecule is CC(=O)O[C@H](C)C1(C)CCC2C3CCC(=O)C=C(CCC2C1C)C3. The average molecular weight is 332 g/mol. The molecule has 5 unspecified atom stereocenters. The Balaban J connectivity index is 1.83. The fraction of sp³-hybridized carbons (Fsp3) is 0.810. The van der Waals surface area contributed by atoms with Crippen LogP contribution in [0.3, 0.4) is 0 Å². The minimum atomic E-state index is -0.171. The molecular weight excluding hydrogens is 300 g/mol. The van der Waals surface area contributed by atoms with E-state index in [1.165, 1.54) is 25.3 Å². The number of ketones is 1. The Morgan fingerprint density at radius 2 is 2.00 bits per heavy atom. The van der Waals surface area contributed by atoms with Gasteiger partial charge in [-0.2, -0.15) is 0 Å². The van der Waals surface area contributed by atoms with Crippen LogP contribution in [0.2, 0.25) is 0 Å². The van der Waals surface area contributed by atoms with Gasteiger partial charge in [0.15, 0.2) is 5.78 Å². The van der Waals surface area contributed by atoms with Crippen LogP contribution >= 0.6 is 0 Å².